The summed E-state index contributed by atoms with van der Waals surface area (Å²) in [7, 11) is 0. The maximum Gasteiger partial charge on any atom is 0.267 e. The Morgan fingerprint density at radius 1 is 1.13 bits per heavy atom. The molecule has 160 valence electrons. The standard InChI is InChI=1S/C23H22FN3O4/c24-17-8-2-1-7-16(17)22-25-21(31-26-22)12-15-6-5-11-27(13-15)23(28)20-14-29-18-9-3-4-10-19(18)30-20/h1-4,7-10,15,20H,5-6,11-14H2. The Morgan fingerprint density at radius 2 is 1.94 bits per heavy atom. The average molecular weight is 423 g/mol. The van der Waals surface area contributed by atoms with Gasteiger partial charge >= 0.3 is 0 Å². The van der Waals surface area contributed by atoms with Crippen molar-refractivity contribution >= 4 is 5.91 Å². The first-order valence-electron chi connectivity index (χ1n) is 10.4. The molecule has 2 aliphatic rings. The lowest BCUT2D eigenvalue weighted by Gasteiger charge is -2.35. The fraction of sp³-hybridized carbons (Fsp3) is 0.348. The molecule has 3 aromatic rings. The van der Waals surface area contributed by atoms with Gasteiger partial charge in [-0.25, -0.2) is 4.39 Å². The molecular formula is C23H22FN3O4. The Balaban J connectivity index is 1.22. The molecule has 8 heteroatoms. The molecule has 0 N–H and O–H groups in total. The number of amides is 1. The third-order valence-electron chi connectivity index (χ3n) is 5.66. The third kappa shape index (κ3) is 4.10. The number of carbonyl (C=O) groups is 1. The van der Waals surface area contributed by atoms with Crippen molar-refractivity contribution in [3.63, 3.8) is 0 Å². The van der Waals surface area contributed by atoms with Crippen LogP contribution in [0, 0.1) is 11.7 Å². The Labute approximate surface area is 178 Å². The number of fused-ring (bicyclic) bond motifs is 1. The van der Waals surface area contributed by atoms with E-state index in [-0.39, 0.29) is 30.1 Å². The highest BCUT2D eigenvalue weighted by molar-refractivity contribution is 5.82. The van der Waals surface area contributed by atoms with Gasteiger partial charge in [0.15, 0.2) is 11.5 Å². The van der Waals surface area contributed by atoms with E-state index in [0.29, 0.717) is 42.5 Å². The first kappa shape index (κ1) is 19.5. The monoisotopic (exact) mass is 423 g/mol. The quantitative estimate of drug-likeness (QED) is 0.639. The Kier molecular flexibility index (Phi) is 5.28. The lowest BCUT2D eigenvalue weighted by atomic mass is 9.94. The summed E-state index contributed by atoms with van der Waals surface area (Å²) in [6, 6.07) is 13.7. The maximum absolute atomic E-state index is 14.0. The number of ether oxygens (including phenoxy) is 2. The summed E-state index contributed by atoms with van der Waals surface area (Å²) >= 11 is 0. The van der Waals surface area contributed by atoms with E-state index in [4.69, 9.17) is 14.0 Å². The Bertz CT molecular complexity index is 1090. The molecule has 1 aromatic heterocycles. The zero-order chi connectivity index (χ0) is 21.2. The number of carbonyl (C=O) groups excluding carboxylic acids is 1. The topological polar surface area (TPSA) is 77.7 Å². The second-order valence-electron chi connectivity index (χ2n) is 7.85. The molecule has 2 unspecified atom stereocenters. The number of nitrogens with zero attached hydrogens (tertiary/aromatic N) is 3. The molecule has 31 heavy (non-hydrogen) atoms. The van der Waals surface area contributed by atoms with Gasteiger partial charge in [-0.3, -0.25) is 4.79 Å². The van der Waals surface area contributed by atoms with Gasteiger partial charge in [0.25, 0.3) is 5.91 Å². The van der Waals surface area contributed by atoms with E-state index in [2.05, 4.69) is 10.1 Å². The number of likely N-dealkylation sites (tertiary alicyclic amines) is 1. The van der Waals surface area contributed by atoms with Crippen LogP contribution < -0.4 is 9.47 Å². The van der Waals surface area contributed by atoms with Crippen molar-refractivity contribution in [2.75, 3.05) is 19.7 Å². The first-order valence-corrected chi connectivity index (χ1v) is 10.4. The van der Waals surface area contributed by atoms with E-state index < -0.39 is 6.10 Å². The van der Waals surface area contributed by atoms with Crippen LogP contribution in [0.2, 0.25) is 0 Å². The van der Waals surface area contributed by atoms with Crippen LogP contribution in [0.25, 0.3) is 11.4 Å². The fourth-order valence-corrected chi connectivity index (χ4v) is 4.11. The molecule has 0 spiro atoms. The summed E-state index contributed by atoms with van der Waals surface area (Å²) in [5, 5.41) is 3.92. The number of hydrogen-bond donors (Lipinski definition) is 0. The average Bonchev–Trinajstić information content (AvgIpc) is 3.27. The maximum atomic E-state index is 14.0. The van der Waals surface area contributed by atoms with E-state index in [0.717, 1.165) is 12.8 Å². The van der Waals surface area contributed by atoms with Crippen LogP contribution in [0.1, 0.15) is 18.7 Å². The Hall–Kier alpha value is -3.42. The Morgan fingerprint density at radius 3 is 2.81 bits per heavy atom. The van der Waals surface area contributed by atoms with Gasteiger partial charge in [0, 0.05) is 19.5 Å². The van der Waals surface area contributed by atoms with Crippen LogP contribution in [-0.2, 0) is 11.2 Å². The lowest BCUT2D eigenvalue weighted by Crippen LogP contribution is -2.50. The van der Waals surface area contributed by atoms with Crippen molar-refractivity contribution in [2.24, 2.45) is 5.92 Å². The second-order valence-corrected chi connectivity index (χ2v) is 7.85. The van der Waals surface area contributed by atoms with Crippen LogP contribution >= 0.6 is 0 Å². The van der Waals surface area contributed by atoms with Crippen LogP contribution in [0.3, 0.4) is 0 Å². The molecule has 2 aliphatic heterocycles. The van der Waals surface area contributed by atoms with Gasteiger partial charge in [-0.15, -0.1) is 0 Å². The highest BCUT2D eigenvalue weighted by atomic mass is 19.1. The minimum atomic E-state index is -0.648. The van der Waals surface area contributed by atoms with Gasteiger partial charge in [0.1, 0.15) is 12.4 Å². The van der Waals surface area contributed by atoms with Crippen molar-refractivity contribution in [1.29, 1.82) is 0 Å². The molecule has 5 rings (SSSR count). The smallest absolute Gasteiger partial charge is 0.267 e. The molecule has 0 aliphatic carbocycles. The second kappa shape index (κ2) is 8.37. The zero-order valence-electron chi connectivity index (χ0n) is 16.9. The van der Waals surface area contributed by atoms with E-state index in [1.807, 2.05) is 23.1 Å². The molecule has 0 radical (unpaired) electrons. The predicted molar refractivity (Wildman–Crippen MR) is 109 cm³/mol. The van der Waals surface area contributed by atoms with Gasteiger partial charge in [-0.1, -0.05) is 29.4 Å². The van der Waals surface area contributed by atoms with E-state index in [1.165, 1.54) is 6.07 Å². The molecule has 1 amide bonds. The number of para-hydroxylation sites is 2. The highest BCUT2D eigenvalue weighted by Crippen LogP contribution is 2.32. The summed E-state index contributed by atoms with van der Waals surface area (Å²) in [5.74, 6) is 1.66. The molecule has 2 aromatic carbocycles. The third-order valence-corrected chi connectivity index (χ3v) is 5.66. The molecule has 2 atom stereocenters. The molecule has 1 saturated heterocycles. The van der Waals surface area contributed by atoms with Crippen LogP contribution in [0.4, 0.5) is 4.39 Å². The largest absolute Gasteiger partial charge is 0.485 e. The van der Waals surface area contributed by atoms with Crippen molar-refractivity contribution < 1.29 is 23.2 Å². The highest BCUT2D eigenvalue weighted by Gasteiger charge is 2.34. The van der Waals surface area contributed by atoms with Gasteiger partial charge in [-0.2, -0.15) is 4.98 Å². The van der Waals surface area contributed by atoms with Gasteiger partial charge in [-0.05, 0) is 43.0 Å². The lowest BCUT2D eigenvalue weighted by molar-refractivity contribution is -0.143. The summed E-state index contributed by atoms with van der Waals surface area (Å²) in [4.78, 5) is 19.2. The number of halogens is 1. The number of hydrogen-bond acceptors (Lipinski definition) is 6. The van der Waals surface area contributed by atoms with Crippen LogP contribution in [0.5, 0.6) is 11.5 Å². The van der Waals surface area contributed by atoms with Crippen LogP contribution in [-0.4, -0.2) is 46.7 Å². The summed E-state index contributed by atoms with van der Waals surface area (Å²) in [6.07, 6.45) is 1.72. The van der Waals surface area contributed by atoms with E-state index >= 15 is 0 Å². The van der Waals surface area contributed by atoms with E-state index in [1.54, 1.807) is 24.3 Å². The summed E-state index contributed by atoms with van der Waals surface area (Å²) in [5.41, 5.74) is 0.313. The number of aromatic nitrogens is 2. The molecule has 0 bridgehead atoms. The number of benzene rings is 2. The SMILES string of the molecule is O=C(C1COc2ccccc2O1)N1CCCC(Cc2nc(-c3ccccc3F)no2)C1. The van der Waals surface area contributed by atoms with Crippen molar-refractivity contribution in [3.05, 3.63) is 60.2 Å². The normalized spacial score (nSPS) is 20.5. The molecule has 0 saturated carbocycles. The van der Waals surface area contributed by atoms with Crippen molar-refractivity contribution in [1.82, 2.24) is 15.0 Å². The van der Waals surface area contributed by atoms with Crippen molar-refractivity contribution in [2.45, 2.75) is 25.4 Å². The van der Waals surface area contributed by atoms with Crippen LogP contribution in [0.15, 0.2) is 53.1 Å². The predicted octanol–water partition coefficient (Wildman–Crippen LogP) is 3.50. The summed E-state index contributed by atoms with van der Waals surface area (Å²) < 4.78 is 30.9. The summed E-state index contributed by atoms with van der Waals surface area (Å²) in [6.45, 7) is 1.46. The first-order chi connectivity index (χ1) is 15.2. The number of rotatable bonds is 4. The molecule has 1 fully saturated rings. The minimum absolute atomic E-state index is 0.0724. The van der Waals surface area contributed by atoms with Gasteiger partial charge in [0.05, 0.1) is 5.56 Å². The molecule has 3 heterocycles. The minimum Gasteiger partial charge on any atom is -0.485 e. The zero-order valence-corrected chi connectivity index (χ0v) is 16.9. The fourth-order valence-electron chi connectivity index (χ4n) is 4.11. The number of piperidine rings is 1. The molecule has 7 nitrogen and oxygen atoms in total. The van der Waals surface area contributed by atoms with Gasteiger partial charge in [0.2, 0.25) is 17.8 Å². The molecular weight excluding hydrogens is 401 g/mol. The van der Waals surface area contributed by atoms with Gasteiger partial charge < -0.3 is 18.9 Å². The van der Waals surface area contributed by atoms with Crippen molar-refractivity contribution in [3.8, 4) is 22.9 Å². The van der Waals surface area contributed by atoms with E-state index in [9.17, 15) is 9.18 Å².